The molecule has 0 N–H and O–H groups in total. The van der Waals surface area contributed by atoms with Gasteiger partial charge >= 0.3 is 0 Å². The lowest BCUT2D eigenvalue weighted by Gasteiger charge is -1.93. The normalized spacial score (nSPS) is 11.3. The summed E-state index contributed by atoms with van der Waals surface area (Å²) in [6.07, 6.45) is 0. The summed E-state index contributed by atoms with van der Waals surface area (Å²) in [5, 5.41) is 11.8. The van der Waals surface area contributed by atoms with E-state index in [0.29, 0.717) is 0 Å². The lowest BCUT2D eigenvalue weighted by atomic mass is 10.4. The molecule has 1 aromatic rings. The van der Waals surface area contributed by atoms with Crippen LogP contribution in [0.1, 0.15) is 6.92 Å². The third-order valence-corrected chi connectivity index (χ3v) is 2.40. The Morgan fingerprint density at radius 2 is 2.08 bits per heavy atom. The van der Waals surface area contributed by atoms with Gasteiger partial charge in [0.1, 0.15) is 0 Å². The predicted molar refractivity (Wildman–Crippen MR) is 53.1 cm³/mol. The van der Waals surface area contributed by atoms with Crippen molar-refractivity contribution in [3.8, 4) is 0 Å². The Hall–Kier alpha value is -1.29. The molecule has 1 rings (SSSR count). The lowest BCUT2D eigenvalue weighted by Crippen LogP contribution is -1.91. The molecule has 3 nitrogen and oxygen atoms in total. The van der Waals surface area contributed by atoms with Gasteiger partial charge in [0.2, 0.25) is 5.70 Å². The van der Waals surface area contributed by atoms with Crippen LogP contribution in [0.4, 0.5) is 0 Å². The third kappa shape index (κ3) is 3.29. The van der Waals surface area contributed by atoms with E-state index in [4.69, 9.17) is 0 Å². The summed E-state index contributed by atoms with van der Waals surface area (Å²) in [6.45, 7) is 1.48. The number of allylic oxidation sites excluding steroid dienone is 1. The van der Waals surface area contributed by atoms with Crippen molar-refractivity contribution in [3.63, 3.8) is 0 Å². The number of hydrogen-bond acceptors (Lipinski definition) is 3. The van der Waals surface area contributed by atoms with Crippen molar-refractivity contribution in [2.75, 3.05) is 0 Å². The minimum atomic E-state index is -0.393. The molecule has 13 heavy (non-hydrogen) atoms. The largest absolute Gasteiger partial charge is 0.259 e. The SMILES string of the molecule is CC(=CSc1ccccc1)[N+](=O)[O-]. The average molecular weight is 195 g/mol. The Bertz CT molecular complexity index is 322. The molecule has 0 radical (unpaired) electrons. The van der Waals surface area contributed by atoms with Gasteiger partial charge in [-0.3, -0.25) is 10.1 Å². The van der Waals surface area contributed by atoms with Crippen molar-refractivity contribution < 1.29 is 4.92 Å². The van der Waals surface area contributed by atoms with Gasteiger partial charge in [-0.1, -0.05) is 30.0 Å². The van der Waals surface area contributed by atoms with E-state index in [1.807, 2.05) is 30.3 Å². The topological polar surface area (TPSA) is 43.1 Å². The van der Waals surface area contributed by atoms with Gasteiger partial charge in [-0.05, 0) is 12.1 Å². The first-order chi connectivity index (χ1) is 6.20. The van der Waals surface area contributed by atoms with E-state index in [2.05, 4.69) is 0 Å². The van der Waals surface area contributed by atoms with Gasteiger partial charge in [-0.25, -0.2) is 0 Å². The number of hydrogen-bond donors (Lipinski definition) is 0. The van der Waals surface area contributed by atoms with Crippen LogP contribution in [0.3, 0.4) is 0 Å². The molecule has 0 spiro atoms. The number of rotatable bonds is 3. The quantitative estimate of drug-likeness (QED) is 0.423. The molecule has 0 bridgehead atoms. The van der Waals surface area contributed by atoms with Crippen molar-refractivity contribution >= 4 is 11.8 Å². The Balaban J connectivity index is 2.62. The fraction of sp³-hybridized carbons (Fsp3) is 0.111. The van der Waals surface area contributed by atoms with Gasteiger partial charge in [0.05, 0.1) is 4.92 Å². The standard InChI is InChI=1S/C9H9NO2S/c1-8(10(11)12)7-13-9-5-3-2-4-6-9/h2-7H,1H3. The highest BCUT2D eigenvalue weighted by atomic mass is 32.2. The monoisotopic (exact) mass is 195 g/mol. The highest BCUT2D eigenvalue weighted by molar-refractivity contribution is 8.02. The summed E-state index contributed by atoms with van der Waals surface area (Å²) < 4.78 is 0. The second kappa shape index (κ2) is 4.67. The first kappa shape index (κ1) is 9.80. The van der Waals surface area contributed by atoms with E-state index in [9.17, 15) is 10.1 Å². The van der Waals surface area contributed by atoms with Gasteiger partial charge in [0.25, 0.3) is 0 Å². The van der Waals surface area contributed by atoms with Gasteiger partial charge in [-0.15, -0.1) is 0 Å². The zero-order valence-electron chi connectivity index (χ0n) is 7.14. The third-order valence-electron chi connectivity index (χ3n) is 1.40. The molecule has 0 aliphatic carbocycles. The Morgan fingerprint density at radius 1 is 1.46 bits per heavy atom. The Labute approximate surface area is 80.6 Å². The van der Waals surface area contributed by atoms with Crippen LogP contribution in [-0.4, -0.2) is 4.92 Å². The van der Waals surface area contributed by atoms with Gasteiger partial charge in [0, 0.05) is 17.2 Å². The zero-order valence-corrected chi connectivity index (χ0v) is 7.95. The first-order valence-corrected chi connectivity index (χ1v) is 4.61. The minimum Gasteiger partial charge on any atom is -0.259 e. The molecule has 1 aromatic carbocycles. The molecule has 0 atom stereocenters. The molecule has 68 valence electrons. The molecule has 0 saturated heterocycles. The van der Waals surface area contributed by atoms with Crippen LogP contribution in [0, 0.1) is 10.1 Å². The second-order valence-corrected chi connectivity index (χ2v) is 3.39. The van der Waals surface area contributed by atoms with Crippen LogP contribution in [-0.2, 0) is 0 Å². The smallest absolute Gasteiger partial charge is 0.249 e. The van der Waals surface area contributed by atoms with Crippen LogP contribution in [0.5, 0.6) is 0 Å². The van der Waals surface area contributed by atoms with Crippen LogP contribution >= 0.6 is 11.8 Å². The fourth-order valence-corrected chi connectivity index (χ4v) is 1.40. The molecule has 0 amide bonds. The molecular formula is C9H9NO2S. The van der Waals surface area contributed by atoms with E-state index in [1.165, 1.54) is 24.1 Å². The van der Waals surface area contributed by atoms with Gasteiger partial charge < -0.3 is 0 Å². The fourth-order valence-electron chi connectivity index (χ4n) is 0.695. The molecule has 0 heterocycles. The molecular weight excluding hydrogens is 186 g/mol. The maximum atomic E-state index is 10.2. The summed E-state index contributed by atoms with van der Waals surface area (Å²) in [5.41, 5.74) is 0.161. The number of nitrogens with zero attached hydrogens (tertiary/aromatic N) is 1. The molecule has 0 aliphatic heterocycles. The van der Waals surface area contributed by atoms with Crippen LogP contribution in [0.15, 0.2) is 46.3 Å². The summed E-state index contributed by atoms with van der Waals surface area (Å²) >= 11 is 1.35. The predicted octanol–water partition coefficient (Wildman–Crippen LogP) is 2.92. The average Bonchev–Trinajstić information content (AvgIpc) is 2.15. The van der Waals surface area contributed by atoms with Crippen molar-refractivity contribution in [1.82, 2.24) is 0 Å². The summed E-state index contributed by atoms with van der Waals surface area (Å²) in [6, 6.07) is 9.53. The molecule has 4 heteroatoms. The lowest BCUT2D eigenvalue weighted by molar-refractivity contribution is -0.424. The molecule has 0 fully saturated rings. The van der Waals surface area contributed by atoms with Crippen LogP contribution in [0.25, 0.3) is 0 Å². The van der Waals surface area contributed by atoms with Crippen LogP contribution < -0.4 is 0 Å². The van der Waals surface area contributed by atoms with E-state index >= 15 is 0 Å². The maximum Gasteiger partial charge on any atom is 0.249 e. The van der Waals surface area contributed by atoms with E-state index < -0.39 is 4.92 Å². The van der Waals surface area contributed by atoms with Crippen molar-refractivity contribution in [3.05, 3.63) is 51.6 Å². The highest BCUT2D eigenvalue weighted by Crippen LogP contribution is 2.19. The van der Waals surface area contributed by atoms with Gasteiger partial charge in [-0.2, -0.15) is 0 Å². The summed E-state index contributed by atoms with van der Waals surface area (Å²) in [5.74, 6) is 0. The van der Waals surface area contributed by atoms with Crippen molar-refractivity contribution in [2.45, 2.75) is 11.8 Å². The summed E-state index contributed by atoms with van der Waals surface area (Å²) in [7, 11) is 0. The maximum absolute atomic E-state index is 10.2. The van der Waals surface area contributed by atoms with E-state index in [1.54, 1.807) is 0 Å². The zero-order chi connectivity index (χ0) is 9.68. The highest BCUT2D eigenvalue weighted by Gasteiger charge is 2.00. The second-order valence-electron chi connectivity index (χ2n) is 2.45. The molecule has 0 saturated carbocycles. The molecule has 0 aliphatic rings. The van der Waals surface area contributed by atoms with E-state index in [-0.39, 0.29) is 5.70 Å². The Morgan fingerprint density at radius 3 is 2.62 bits per heavy atom. The number of thioether (sulfide) groups is 1. The van der Waals surface area contributed by atoms with Crippen LogP contribution in [0.2, 0.25) is 0 Å². The van der Waals surface area contributed by atoms with Crippen molar-refractivity contribution in [2.24, 2.45) is 0 Å². The number of benzene rings is 1. The first-order valence-electron chi connectivity index (χ1n) is 3.73. The summed E-state index contributed by atoms with van der Waals surface area (Å²) in [4.78, 5) is 10.9. The molecule has 0 aromatic heterocycles. The van der Waals surface area contributed by atoms with E-state index in [0.717, 1.165) is 4.90 Å². The van der Waals surface area contributed by atoms with Crippen molar-refractivity contribution in [1.29, 1.82) is 0 Å². The molecule has 0 unspecified atom stereocenters. The van der Waals surface area contributed by atoms with Gasteiger partial charge in [0.15, 0.2) is 0 Å². The Kier molecular flexibility index (Phi) is 3.52. The minimum absolute atomic E-state index is 0.161. The number of nitro groups is 1.